The molecule has 1 aromatic rings. The molecule has 14 heavy (non-hydrogen) atoms. The second-order valence-corrected chi connectivity index (χ2v) is 3.88. The molecule has 1 aliphatic rings. The van der Waals surface area contributed by atoms with Gasteiger partial charge in [-0.25, -0.2) is 4.98 Å². The van der Waals surface area contributed by atoms with Gasteiger partial charge in [0.1, 0.15) is 0 Å². The molecule has 76 valence electrons. The van der Waals surface area contributed by atoms with E-state index in [0.29, 0.717) is 5.82 Å². The third-order valence-corrected chi connectivity index (χ3v) is 2.50. The maximum atomic E-state index is 11.3. The highest BCUT2D eigenvalue weighted by atomic mass is 16.1. The summed E-state index contributed by atoms with van der Waals surface area (Å²) in [5.41, 5.74) is -0.220. The molecule has 0 radical (unpaired) electrons. The van der Waals surface area contributed by atoms with E-state index in [1.54, 1.807) is 6.20 Å². The lowest BCUT2D eigenvalue weighted by molar-refractivity contribution is 0.563. The molecule has 1 aromatic heterocycles. The quantitative estimate of drug-likeness (QED) is 0.616. The van der Waals surface area contributed by atoms with Crippen LogP contribution < -0.4 is 16.2 Å². The Hall–Kier alpha value is -1.36. The van der Waals surface area contributed by atoms with Crippen LogP contribution in [0.5, 0.6) is 0 Å². The van der Waals surface area contributed by atoms with Gasteiger partial charge >= 0.3 is 0 Å². The summed E-state index contributed by atoms with van der Waals surface area (Å²) >= 11 is 0. The maximum Gasteiger partial charge on any atom is 0.290 e. The van der Waals surface area contributed by atoms with E-state index in [4.69, 9.17) is 0 Å². The first-order chi connectivity index (χ1) is 6.70. The molecule has 0 spiro atoms. The number of nitrogens with zero attached hydrogens (tertiary/aromatic N) is 1. The molecule has 2 rings (SSSR count). The van der Waals surface area contributed by atoms with E-state index in [-0.39, 0.29) is 11.1 Å². The molecule has 5 nitrogen and oxygen atoms in total. The maximum absolute atomic E-state index is 11.3. The molecule has 5 heteroatoms. The topological polar surface area (TPSA) is 69.8 Å². The van der Waals surface area contributed by atoms with Crippen molar-refractivity contribution in [3.05, 3.63) is 22.7 Å². The second kappa shape index (κ2) is 3.42. The zero-order valence-electron chi connectivity index (χ0n) is 8.13. The average molecular weight is 194 g/mol. The third kappa shape index (κ3) is 1.77. The lowest BCUT2D eigenvalue weighted by Gasteiger charge is -2.24. The molecule has 3 N–H and O–H groups in total. The van der Waals surface area contributed by atoms with Gasteiger partial charge in [0.05, 0.1) is 0 Å². The van der Waals surface area contributed by atoms with Crippen LogP contribution in [0.4, 0.5) is 5.82 Å². The van der Waals surface area contributed by atoms with Gasteiger partial charge in [0.25, 0.3) is 5.56 Å². The fraction of sp³-hybridized carbons (Fsp3) is 0.556. The van der Waals surface area contributed by atoms with Gasteiger partial charge in [0, 0.05) is 24.5 Å². The number of H-pyrrole nitrogens is 1. The van der Waals surface area contributed by atoms with E-state index in [2.05, 4.69) is 27.5 Å². The predicted molar refractivity (Wildman–Crippen MR) is 54.4 cm³/mol. The Bertz CT molecular complexity index is 367. The fourth-order valence-electron chi connectivity index (χ4n) is 1.65. The van der Waals surface area contributed by atoms with Crippen LogP contribution in [0, 0.1) is 0 Å². The van der Waals surface area contributed by atoms with Gasteiger partial charge in [-0.1, -0.05) is 0 Å². The van der Waals surface area contributed by atoms with Crippen LogP contribution in [0.25, 0.3) is 0 Å². The van der Waals surface area contributed by atoms with Crippen molar-refractivity contribution < 1.29 is 0 Å². The van der Waals surface area contributed by atoms with E-state index < -0.39 is 0 Å². The van der Waals surface area contributed by atoms with Crippen molar-refractivity contribution in [1.82, 2.24) is 15.3 Å². The van der Waals surface area contributed by atoms with Gasteiger partial charge in [-0.2, -0.15) is 0 Å². The van der Waals surface area contributed by atoms with Crippen LogP contribution in [-0.4, -0.2) is 28.6 Å². The molecule has 0 aliphatic carbocycles. The highest BCUT2D eigenvalue weighted by molar-refractivity contribution is 5.35. The number of aromatic nitrogens is 2. The zero-order chi connectivity index (χ0) is 10.0. The number of aromatic amines is 1. The van der Waals surface area contributed by atoms with Crippen molar-refractivity contribution in [2.45, 2.75) is 18.9 Å². The summed E-state index contributed by atoms with van der Waals surface area (Å²) in [5, 5.41) is 6.42. The van der Waals surface area contributed by atoms with E-state index in [9.17, 15) is 4.79 Å². The Labute approximate surface area is 82.0 Å². The molecular formula is C9H14N4O. The number of hydrogen-bond acceptors (Lipinski definition) is 4. The first-order valence-corrected chi connectivity index (χ1v) is 4.72. The molecule has 2 heterocycles. The van der Waals surface area contributed by atoms with Crippen molar-refractivity contribution >= 4 is 5.82 Å². The highest BCUT2D eigenvalue weighted by Crippen LogP contribution is 2.17. The summed E-state index contributed by atoms with van der Waals surface area (Å²) in [6.07, 6.45) is 4.11. The summed E-state index contributed by atoms with van der Waals surface area (Å²) in [4.78, 5) is 17.9. The van der Waals surface area contributed by atoms with Crippen molar-refractivity contribution in [2.24, 2.45) is 0 Å². The molecule has 0 amide bonds. The first kappa shape index (κ1) is 9.21. The fourth-order valence-corrected chi connectivity index (χ4v) is 1.65. The normalized spacial score (nSPS) is 26.4. The standard InChI is InChI=1S/C9H14N4O/c1-9(2-3-10-6-9)13-7-8(14)12-5-4-11-7/h4-5,10H,2-3,6H2,1H3,(H,11,13)(H,12,14). The highest BCUT2D eigenvalue weighted by Gasteiger charge is 2.29. The third-order valence-electron chi connectivity index (χ3n) is 2.50. The molecule has 1 aliphatic heterocycles. The van der Waals surface area contributed by atoms with Crippen molar-refractivity contribution in [1.29, 1.82) is 0 Å². The lowest BCUT2D eigenvalue weighted by Crippen LogP contribution is -2.39. The Kier molecular flexibility index (Phi) is 2.25. The monoisotopic (exact) mass is 194 g/mol. The Balaban J connectivity index is 2.18. The van der Waals surface area contributed by atoms with Gasteiger partial charge in [-0.3, -0.25) is 4.79 Å². The molecule has 0 saturated carbocycles. The van der Waals surface area contributed by atoms with Crippen LogP contribution in [0.3, 0.4) is 0 Å². The van der Waals surface area contributed by atoms with Crippen LogP contribution in [-0.2, 0) is 0 Å². The average Bonchev–Trinajstić information content (AvgIpc) is 2.57. The molecule has 1 atom stereocenters. The van der Waals surface area contributed by atoms with Gasteiger partial charge in [0.15, 0.2) is 5.82 Å². The van der Waals surface area contributed by atoms with Crippen molar-refractivity contribution in [3.63, 3.8) is 0 Å². The van der Waals surface area contributed by atoms with Crippen molar-refractivity contribution in [2.75, 3.05) is 18.4 Å². The van der Waals surface area contributed by atoms with Crippen LogP contribution in [0.15, 0.2) is 17.2 Å². The Morgan fingerprint density at radius 3 is 3.14 bits per heavy atom. The van der Waals surface area contributed by atoms with Crippen molar-refractivity contribution in [3.8, 4) is 0 Å². The summed E-state index contributed by atoms with van der Waals surface area (Å²) in [7, 11) is 0. The number of rotatable bonds is 2. The summed E-state index contributed by atoms with van der Waals surface area (Å²) in [6.45, 7) is 3.93. The first-order valence-electron chi connectivity index (χ1n) is 4.72. The predicted octanol–water partition coefficient (Wildman–Crippen LogP) is -0.0662. The van der Waals surface area contributed by atoms with Crippen LogP contribution >= 0.6 is 0 Å². The largest absolute Gasteiger partial charge is 0.359 e. The van der Waals surface area contributed by atoms with Gasteiger partial charge < -0.3 is 15.6 Å². The minimum Gasteiger partial charge on any atom is -0.359 e. The summed E-state index contributed by atoms with van der Waals surface area (Å²) < 4.78 is 0. The van der Waals surface area contributed by atoms with Gasteiger partial charge in [-0.15, -0.1) is 0 Å². The second-order valence-electron chi connectivity index (χ2n) is 3.88. The molecule has 0 aromatic carbocycles. The molecule has 1 fully saturated rings. The van der Waals surface area contributed by atoms with Gasteiger partial charge in [0.2, 0.25) is 0 Å². The van der Waals surface area contributed by atoms with Crippen LogP contribution in [0.2, 0.25) is 0 Å². The lowest BCUT2D eigenvalue weighted by atomic mass is 10.0. The minimum atomic E-state index is -0.166. The number of hydrogen-bond donors (Lipinski definition) is 3. The Morgan fingerprint density at radius 2 is 2.50 bits per heavy atom. The summed E-state index contributed by atoms with van der Waals surface area (Å²) in [5.74, 6) is 0.402. The molecular weight excluding hydrogens is 180 g/mol. The summed E-state index contributed by atoms with van der Waals surface area (Å²) in [6, 6.07) is 0. The Morgan fingerprint density at radius 1 is 1.64 bits per heavy atom. The molecule has 1 saturated heterocycles. The van der Waals surface area contributed by atoms with E-state index in [0.717, 1.165) is 19.5 Å². The van der Waals surface area contributed by atoms with Crippen LogP contribution in [0.1, 0.15) is 13.3 Å². The van der Waals surface area contributed by atoms with Gasteiger partial charge in [-0.05, 0) is 19.9 Å². The zero-order valence-corrected chi connectivity index (χ0v) is 8.13. The SMILES string of the molecule is CC1(Nc2ncc[nH]c2=O)CCNC1. The smallest absolute Gasteiger partial charge is 0.290 e. The number of nitrogens with one attached hydrogen (secondary N) is 3. The van der Waals surface area contributed by atoms with E-state index in [1.807, 2.05) is 0 Å². The van der Waals surface area contributed by atoms with E-state index in [1.165, 1.54) is 6.20 Å². The number of anilines is 1. The molecule has 0 bridgehead atoms. The van der Waals surface area contributed by atoms with E-state index >= 15 is 0 Å². The molecule has 1 unspecified atom stereocenters. The minimum absolute atomic E-state index is 0.0542.